The lowest BCUT2D eigenvalue weighted by Gasteiger charge is -2.20. The molecule has 2 aromatic rings. The van der Waals surface area contributed by atoms with Crippen LogP contribution in [0.4, 0.5) is 19.2 Å². The zero-order chi connectivity index (χ0) is 40.4. The van der Waals surface area contributed by atoms with Crippen LogP contribution in [0.1, 0.15) is 71.4 Å². The fourth-order valence-corrected chi connectivity index (χ4v) is 5.29. The van der Waals surface area contributed by atoms with Crippen molar-refractivity contribution in [2.24, 2.45) is 4.99 Å². The monoisotopic (exact) mass is 770 g/mol. The van der Waals surface area contributed by atoms with Gasteiger partial charge in [0.05, 0.1) is 26.4 Å². The van der Waals surface area contributed by atoms with Crippen molar-refractivity contribution in [3.05, 3.63) is 59.7 Å². The SMILES string of the molecule is CC(C)(C)OC(=O)NCCOCCOCCNC(=O)NC(=NCCC[C@H](NC(=O)OCC1c2ccccc2-c2ccccc21)C(=O)O)NC(=O)OC(C)(C)C. The molecule has 0 aliphatic heterocycles. The Labute approximate surface area is 321 Å². The molecule has 55 heavy (non-hydrogen) atoms. The van der Waals surface area contributed by atoms with E-state index in [2.05, 4.69) is 31.6 Å². The number of guanidine groups is 1. The highest BCUT2D eigenvalue weighted by Gasteiger charge is 2.30. The van der Waals surface area contributed by atoms with E-state index in [9.17, 15) is 29.1 Å². The largest absolute Gasteiger partial charge is 0.480 e. The summed E-state index contributed by atoms with van der Waals surface area (Å²) in [5.74, 6) is -1.67. The Hall–Kier alpha value is -5.42. The number of hydrogen-bond acceptors (Lipinski definition) is 11. The highest BCUT2D eigenvalue weighted by molar-refractivity contribution is 6.02. The molecule has 0 heterocycles. The third-order valence-corrected chi connectivity index (χ3v) is 7.52. The second-order valence-corrected chi connectivity index (χ2v) is 14.4. The first-order chi connectivity index (χ1) is 26.0. The van der Waals surface area contributed by atoms with E-state index >= 15 is 0 Å². The summed E-state index contributed by atoms with van der Waals surface area (Å²) in [6, 6.07) is 13.8. The van der Waals surface area contributed by atoms with Gasteiger partial charge in [-0.25, -0.2) is 24.0 Å². The van der Waals surface area contributed by atoms with E-state index in [-0.39, 0.29) is 77.4 Å². The molecule has 0 aromatic heterocycles. The number of ether oxygens (including phenoxy) is 5. The number of rotatable bonds is 17. The third kappa shape index (κ3) is 16.6. The summed E-state index contributed by atoms with van der Waals surface area (Å²) < 4.78 is 26.7. The molecule has 0 radical (unpaired) electrons. The Kier molecular flexibility index (Phi) is 17.2. The van der Waals surface area contributed by atoms with Crippen molar-refractivity contribution in [1.82, 2.24) is 26.6 Å². The fourth-order valence-electron chi connectivity index (χ4n) is 5.29. The standard InChI is InChI=1S/C38H54N6O11/c1-37(2,3)54-34(48)41-19-21-52-23-22-51-20-18-40-33(47)43-32(44-36(50)55-38(4,5)6)39-17-11-16-30(31(45)46)42-35(49)53-24-29-27-14-9-7-12-25(27)26-13-8-10-15-28(26)29/h7-10,12-15,29-30H,11,16-24H2,1-6H3,(H,41,48)(H,42,49)(H,45,46)(H3,39,40,43,44,47,50)/t30-/m0/s1. The summed E-state index contributed by atoms with van der Waals surface area (Å²) in [4.78, 5) is 65.5. The van der Waals surface area contributed by atoms with Crippen molar-refractivity contribution in [2.45, 2.75) is 77.5 Å². The van der Waals surface area contributed by atoms with Crippen LogP contribution in [0.3, 0.4) is 0 Å². The predicted octanol–water partition coefficient (Wildman–Crippen LogP) is 4.50. The van der Waals surface area contributed by atoms with Crippen molar-refractivity contribution in [3.8, 4) is 11.1 Å². The molecule has 17 nitrogen and oxygen atoms in total. The van der Waals surface area contributed by atoms with Crippen LogP contribution in [0.2, 0.25) is 0 Å². The highest BCUT2D eigenvalue weighted by atomic mass is 16.6. The molecule has 5 amide bonds. The smallest absolute Gasteiger partial charge is 0.414 e. The number of amides is 5. The van der Waals surface area contributed by atoms with E-state index in [1.54, 1.807) is 41.5 Å². The van der Waals surface area contributed by atoms with Crippen molar-refractivity contribution >= 4 is 36.2 Å². The van der Waals surface area contributed by atoms with Gasteiger partial charge in [0.15, 0.2) is 0 Å². The summed E-state index contributed by atoms with van der Waals surface area (Å²) in [5, 5.41) is 22.2. The Balaban J connectivity index is 1.41. The van der Waals surface area contributed by atoms with Gasteiger partial charge in [0.25, 0.3) is 0 Å². The van der Waals surface area contributed by atoms with Gasteiger partial charge in [-0.15, -0.1) is 0 Å². The number of benzene rings is 2. The number of carbonyl (C=O) groups excluding carboxylic acids is 4. The number of carboxylic acid groups (broad SMARTS) is 1. The maximum absolute atomic E-state index is 12.7. The second kappa shape index (κ2) is 21.5. The topological polar surface area (TPSA) is 224 Å². The number of nitrogens with one attached hydrogen (secondary N) is 5. The first-order valence-corrected chi connectivity index (χ1v) is 18.1. The fraction of sp³-hybridized carbons (Fsp3) is 0.526. The minimum Gasteiger partial charge on any atom is -0.480 e. The number of nitrogens with zero attached hydrogens (tertiary/aromatic N) is 1. The molecule has 6 N–H and O–H groups in total. The molecule has 0 spiro atoms. The van der Waals surface area contributed by atoms with Gasteiger partial charge in [0.2, 0.25) is 5.96 Å². The number of fused-ring (bicyclic) bond motifs is 3. The number of urea groups is 1. The van der Waals surface area contributed by atoms with Crippen molar-refractivity contribution in [2.75, 3.05) is 52.7 Å². The average molecular weight is 771 g/mol. The Morgan fingerprint density at radius 2 is 1.27 bits per heavy atom. The molecular weight excluding hydrogens is 716 g/mol. The molecule has 17 heteroatoms. The van der Waals surface area contributed by atoms with Gasteiger partial charge in [-0.2, -0.15) is 0 Å². The summed E-state index contributed by atoms with van der Waals surface area (Å²) in [7, 11) is 0. The van der Waals surface area contributed by atoms with E-state index in [0.717, 1.165) is 22.3 Å². The van der Waals surface area contributed by atoms with Crippen LogP contribution in [0.25, 0.3) is 11.1 Å². The van der Waals surface area contributed by atoms with Crippen molar-refractivity contribution in [3.63, 3.8) is 0 Å². The maximum Gasteiger partial charge on any atom is 0.414 e. The summed E-state index contributed by atoms with van der Waals surface area (Å²) in [6.07, 6.45) is -2.12. The zero-order valence-electron chi connectivity index (χ0n) is 32.3. The highest BCUT2D eigenvalue weighted by Crippen LogP contribution is 2.44. The lowest BCUT2D eigenvalue weighted by atomic mass is 9.98. The lowest BCUT2D eigenvalue weighted by Crippen LogP contribution is -2.49. The van der Waals surface area contributed by atoms with Gasteiger partial charge in [0.1, 0.15) is 23.9 Å². The Morgan fingerprint density at radius 1 is 0.727 bits per heavy atom. The molecule has 1 atom stereocenters. The normalized spacial score (nSPS) is 13.1. The van der Waals surface area contributed by atoms with E-state index in [4.69, 9.17) is 23.7 Å². The first-order valence-electron chi connectivity index (χ1n) is 18.1. The molecule has 302 valence electrons. The minimum absolute atomic E-state index is 0.0159. The second-order valence-electron chi connectivity index (χ2n) is 14.4. The van der Waals surface area contributed by atoms with E-state index in [0.29, 0.717) is 0 Å². The molecule has 0 unspecified atom stereocenters. The number of aliphatic imine (C=N–C) groups is 1. The Bertz CT molecular complexity index is 1590. The molecule has 2 aromatic carbocycles. The van der Waals surface area contributed by atoms with Crippen LogP contribution in [0.5, 0.6) is 0 Å². The summed E-state index contributed by atoms with van der Waals surface area (Å²) in [5.41, 5.74) is 2.78. The number of carboxylic acids is 1. The third-order valence-electron chi connectivity index (χ3n) is 7.52. The minimum atomic E-state index is -1.27. The van der Waals surface area contributed by atoms with E-state index in [1.807, 2.05) is 48.5 Å². The number of aliphatic carboxylic acids is 1. The van der Waals surface area contributed by atoms with Crippen LogP contribution in [-0.4, -0.2) is 111 Å². The number of hydrogen-bond donors (Lipinski definition) is 6. The summed E-state index contributed by atoms with van der Waals surface area (Å²) >= 11 is 0. The van der Waals surface area contributed by atoms with E-state index < -0.39 is 47.5 Å². The van der Waals surface area contributed by atoms with Gasteiger partial charge >= 0.3 is 30.3 Å². The Morgan fingerprint density at radius 3 is 1.84 bits per heavy atom. The van der Waals surface area contributed by atoms with E-state index in [1.165, 1.54) is 0 Å². The maximum atomic E-state index is 12.7. The molecule has 0 fully saturated rings. The van der Waals surface area contributed by atoms with Crippen LogP contribution in [0, 0.1) is 0 Å². The molecular formula is C38H54N6O11. The van der Waals surface area contributed by atoms with Crippen LogP contribution in [0.15, 0.2) is 53.5 Å². The van der Waals surface area contributed by atoms with Crippen LogP contribution >= 0.6 is 0 Å². The van der Waals surface area contributed by atoms with Gasteiger partial charge in [0, 0.05) is 25.6 Å². The molecule has 0 saturated heterocycles. The van der Waals surface area contributed by atoms with Gasteiger partial charge in [-0.05, 0) is 76.6 Å². The average Bonchev–Trinajstić information content (AvgIpc) is 3.41. The quantitative estimate of drug-likeness (QED) is 0.0569. The zero-order valence-corrected chi connectivity index (χ0v) is 32.3. The molecule has 0 bridgehead atoms. The van der Waals surface area contributed by atoms with Crippen LogP contribution in [-0.2, 0) is 28.5 Å². The number of alkyl carbamates (subject to hydrolysis) is 3. The molecule has 3 rings (SSSR count). The first kappa shape index (κ1) is 44.0. The van der Waals surface area contributed by atoms with Crippen LogP contribution < -0.4 is 26.6 Å². The van der Waals surface area contributed by atoms with Gasteiger partial charge in [-0.1, -0.05) is 48.5 Å². The molecule has 1 aliphatic carbocycles. The van der Waals surface area contributed by atoms with Crippen molar-refractivity contribution < 1.29 is 52.8 Å². The predicted molar refractivity (Wildman–Crippen MR) is 203 cm³/mol. The number of carbonyl (C=O) groups is 5. The summed E-state index contributed by atoms with van der Waals surface area (Å²) in [6.45, 7) is 11.7. The van der Waals surface area contributed by atoms with Crippen molar-refractivity contribution in [1.29, 1.82) is 0 Å². The molecule has 0 saturated carbocycles. The molecule has 1 aliphatic rings. The lowest BCUT2D eigenvalue weighted by molar-refractivity contribution is -0.139. The van der Waals surface area contributed by atoms with Gasteiger partial charge in [-0.3, -0.25) is 15.6 Å². The van der Waals surface area contributed by atoms with Gasteiger partial charge < -0.3 is 44.7 Å².